The Morgan fingerprint density at radius 1 is 1.08 bits per heavy atom. The van der Waals surface area contributed by atoms with E-state index in [1.165, 1.54) is 11.5 Å². The maximum absolute atomic E-state index is 10.5. The molecular formula is C20H17N3O2S. The Bertz CT molecular complexity index is 1050. The van der Waals surface area contributed by atoms with E-state index >= 15 is 0 Å². The first-order valence-corrected chi connectivity index (χ1v) is 8.90. The number of hydrogen-bond donors (Lipinski definition) is 1. The summed E-state index contributed by atoms with van der Waals surface area (Å²) < 4.78 is 11.6. The zero-order valence-electron chi connectivity index (χ0n) is 14.4. The topological polar surface area (TPSA) is 60.2 Å². The lowest BCUT2D eigenvalue weighted by atomic mass is 10.0. The highest BCUT2D eigenvalue weighted by molar-refractivity contribution is 7.10. The first-order chi connectivity index (χ1) is 12.7. The minimum absolute atomic E-state index is 0.167. The van der Waals surface area contributed by atoms with Crippen molar-refractivity contribution in [2.75, 3.05) is 7.11 Å². The van der Waals surface area contributed by atoms with Crippen LogP contribution in [0.2, 0.25) is 0 Å². The number of rotatable bonds is 4. The van der Waals surface area contributed by atoms with Crippen molar-refractivity contribution >= 4 is 11.5 Å². The summed E-state index contributed by atoms with van der Waals surface area (Å²) in [5.41, 5.74) is 4.51. The SMILES string of the molecule is COc1ccc(-c2snc(C)c2-c2ccnn2-c2ccccc2)c(O)c1. The van der Waals surface area contributed by atoms with Gasteiger partial charge in [0, 0.05) is 17.2 Å². The lowest BCUT2D eigenvalue weighted by molar-refractivity contribution is 0.408. The highest BCUT2D eigenvalue weighted by atomic mass is 32.1. The van der Waals surface area contributed by atoms with Gasteiger partial charge in [0.1, 0.15) is 11.5 Å². The molecule has 0 aliphatic carbocycles. The number of phenolic OH excluding ortho intramolecular Hbond substituents is 1. The Morgan fingerprint density at radius 3 is 2.62 bits per heavy atom. The number of methoxy groups -OCH3 is 1. The molecule has 6 heteroatoms. The largest absolute Gasteiger partial charge is 0.507 e. The molecule has 0 atom stereocenters. The molecule has 0 radical (unpaired) electrons. The average Bonchev–Trinajstić information content (AvgIpc) is 3.28. The van der Waals surface area contributed by atoms with Crippen molar-refractivity contribution < 1.29 is 9.84 Å². The van der Waals surface area contributed by atoms with Gasteiger partial charge in [0.05, 0.1) is 35.3 Å². The molecule has 0 bridgehead atoms. The number of nitrogens with zero attached hydrogens (tertiary/aromatic N) is 3. The molecule has 4 aromatic rings. The van der Waals surface area contributed by atoms with Gasteiger partial charge in [-0.3, -0.25) is 0 Å². The fourth-order valence-corrected chi connectivity index (χ4v) is 3.89. The first-order valence-electron chi connectivity index (χ1n) is 8.12. The molecule has 0 unspecified atom stereocenters. The zero-order valence-corrected chi connectivity index (χ0v) is 15.2. The second kappa shape index (κ2) is 6.65. The van der Waals surface area contributed by atoms with Gasteiger partial charge >= 0.3 is 0 Å². The predicted molar refractivity (Wildman–Crippen MR) is 103 cm³/mol. The van der Waals surface area contributed by atoms with E-state index in [1.807, 2.05) is 60.1 Å². The molecule has 2 aromatic carbocycles. The summed E-state index contributed by atoms with van der Waals surface area (Å²) in [4.78, 5) is 0.903. The lowest BCUT2D eigenvalue weighted by Crippen LogP contribution is -1.99. The normalized spacial score (nSPS) is 10.8. The van der Waals surface area contributed by atoms with Crippen LogP contribution in [0.5, 0.6) is 11.5 Å². The van der Waals surface area contributed by atoms with Crippen LogP contribution in [0.25, 0.3) is 27.4 Å². The van der Waals surface area contributed by atoms with Gasteiger partial charge in [-0.25, -0.2) is 4.68 Å². The van der Waals surface area contributed by atoms with Crippen LogP contribution in [0.1, 0.15) is 5.69 Å². The zero-order chi connectivity index (χ0) is 18.1. The van der Waals surface area contributed by atoms with Crippen LogP contribution in [0, 0.1) is 6.92 Å². The number of phenols is 1. The first kappa shape index (κ1) is 16.4. The average molecular weight is 363 g/mol. The van der Waals surface area contributed by atoms with E-state index in [0.29, 0.717) is 5.75 Å². The number of ether oxygens (including phenoxy) is 1. The van der Waals surface area contributed by atoms with E-state index in [2.05, 4.69) is 9.47 Å². The molecule has 4 rings (SSSR count). The Morgan fingerprint density at radius 2 is 1.88 bits per heavy atom. The summed E-state index contributed by atoms with van der Waals surface area (Å²) in [6.07, 6.45) is 1.77. The van der Waals surface area contributed by atoms with Crippen LogP contribution < -0.4 is 4.74 Å². The Hall–Kier alpha value is -3.12. The van der Waals surface area contributed by atoms with Gasteiger partial charge in [-0.1, -0.05) is 18.2 Å². The van der Waals surface area contributed by atoms with Crippen LogP contribution in [-0.4, -0.2) is 26.4 Å². The smallest absolute Gasteiger partial charge is 0.127 e. The second-order valence-corrected chi connectivity index (χ2v) is 6.59. The maximum Gasteiger partial charge on any atom is 0.127 e. The quantitative estimate of drug-likeness (QED) is 0.572. The molecule has 1 N–H and O–H groups in total. The molecule has 0 saturated heterocycles. The minimum atomic E-state index is 0.167. The molecule has 2 heterocycles. The Kier molecular flexibility index (Phi) is 4.18. The van der Waals surface area contributed by atoms with Gasteiger partial charge in [-0.05, 0) is 48.8 Å². The molecule has 26 heavy (non-hydrogen) atoms. The molecule has 130 valence electrons. The molecule has 0 spiro atoms. The summed E-state index contributed by atoms with van der Waals surface area (Å²) >= 11 is 1.37. The van der Waals surface area contributed by atoms with Crippen molar-refractivity contribution in [1.82, 2.24) is 14.2 Å². The number of benzene rings is 2. The van der Waals surface area contributed by atoms with Crippen LogP contribution in [-0.2, 0) is 0 Å². The third kappa shape index (κ3) is 2.74. The van der Waals surface area contributed by atoms with E-state index in [0.717, 1.165) is 33.1 Å². The Labute approximate surface area is 155 Å². The van der Waals surface area contributed by atoms with Gasteiger partial charge in [-0.2, -0.15) is 9.47 Å². The molecule has 0 amide bonds. The van der Waals surface area contributed by atoms with E-state index in [1.54, 1.807) is 19.4 Å². The summed E-state index contributed by atoms with van der Waals surface area (Å²) in [5.74, 6) is 0.781. The summed E-state index contributed by atoms with van der Waals surface area (Å²) in [7, 11) is 1.58. The van der Waals surface area contributed by atoms with Crippen molar-refractivity contribution in [2.24, 2.45) is 0 Å². The molecule has 0 aliphatic rings. The molecule has 0 fully saturated rings. The van der Waals surface area contributed by atoms with Crippen LogP contribution in [0.4, 0.5) is 0 Å². The van der Waals surface area contributed by atoms with Crippen molar-refractivity contribution in [3.63, 3.8) is 0 Å². The molecule has 0 saturated carbocycles. The van der Waals surface area contributed by atoms with Gasteiger partial charge in [0.2, 0.25) is 0 Å². The van der Waals surface area contributed by atoms with Gasteiger partial charge < -0.3 is 9.84 Å². The highest BCUT2D eigenvalue weighted by Crippen LogP contribution is 2.42. The summed E-state index contributed by atoms with van der Waals surface area (Å²) in [5, 5.41) is 14.9. The van der Waals surface area contributed by atoms with Gasteiger partial charge in [0.15, 0.2) is 0 Å². The number of hydrogen-bond acceptors (Lipinski definition) is 5. The van der Waals surface area contributed by atoms with Gasteiger partial charge in [0.25, 0.3) is 0 Å². The minimum Gasteiger partial charge on any atom is -0.507 e. The van der Waals surface area contributed by atoms with Crippen LogP contribution in [0.3, 0.4) is 0 Å². The molecule has 2 aromatic heterocycles. The third-order valence-corrected chi connectivity index (χ3v) is 5.18. The van der Waals surface area contributed by atoms with Crippen molar-refractivity contribution in [1.29, 1.82) is 0 Å². The number of aromatic hydroxyl groups is 1. The second-order valence-electron chi connectivity index (χ2n) is 5.82. The van der Waals surface area contributed by atoms with E-state index in [-0.39, 0.29) is 5.75 Å². The Balaban J connectivity index is 1.89. The summed E-state index contributed by atoms with van der Waals surface area (Å²) in [6.45, 7) is 1.97. The van der Waals surface area contributed by atoms with Crippen molar-refractivity contribution in [3.05, 3.63) is 66.5 Å². The highest BCUT2D eigenvalue weighted by Gasteiger charge is 2.21. The lowest BCUT2D eigenvalue weighted by Gasteiger charge is -2.10. The van der Waals surface area contributed by atoms with E-state index in [9.17, 15) is 5.11 Å². The van der Waals surface area contributed by atoms with Crippen molar-refractivity contribution in [2.45, 2.75) is 6.92 Å². The number of aromatic nitrogens is 3. The fraction of sp³-hybridized carbons (Fsp3) is 0.100. The summed E-state index contributed by atoms with van der Waals surface area (Å²) in [6, 6.07) is 17.2. The van der Waals surface area contributed by atoms with Crippen LogP contribution in [0.15, 0.2) is 60.8 Å². The van der Waals surface area contributed by atoms with E-state index < -0.39 is 0 Å². The number of aryl methyl sites for hydroxylation is 1. The predicted octanol–water partition coefficient (Wildman–Crippen LogP) is 4.69. The number of para-hydroxylation sites is 1. The standard InChI is InChI=1S/C20H17N3O2S/c1-13-19(17-10-11-21-23(17)14-6-4-3-5-7-14)20(26-22-13)16-9-8-15(25-2)12-18(16)24/h3-12,24H,1-2H3. The van der Waals surface area contributed by atoms with E-state index in [4.69, 9.17) is 4.74 Å². The molecule has 5 nitrogen and oxygen atoms in total. The third-order valence-electron chi connectivity index (χ3n) is 4.21. The van der Waals surface area contributed by atoms with Crippen molar-refractivity contribution in [3.8, 4) is 38.9 Å². The fourth-order valence-electron chi connectivity index (χ4n) is 2.95. The maximum atomic E-state index is 10.5. The van der Waals surface area contributed by atoms with Crippen LogP contribution >= 0.6 is 11.5 Å². The molecule has 0 aliphatic heterocycles. The van der Waals surface area contributed by atoms with Gasteiger partial charge in [-0.15, -0.1) is 0 Å². The monoisotopic (exact) mass is 363 g/mol. The molecular weight excluding hydrogens is 346 g/mol.